The van der Waals surface area contributed by atoms with Crippen LogP contribution in [0.25, 0.3) is 10.9 Å². The van der Waals surface area contributed by atoms with Crippen LogP contribution in [-0.4, -0.2) is 10.7 Å². The van der Waals surface area contributed by atoms with Gasteiger partial charge >= 0.3 is 0 Å². The number of pyridine rings is 1. The van der Waals surface area contributed by atoms with Crippen LogP contribution in [0.15, 0.2) is 23.2 Å². The zero-order valence-electron chi connectivity index (χ0n) is 15.4. The predicted octanol–water partition coefficient (Wildman–Crippen LogP) is 6.48. The maximum Gasteiger partial charge on any atom is 0.0876 e. The number of nitrogens with zero attached hydrogens (tertiary/aromatic N) is 2. The van der Waals surface area contributed by atoms with E-state index < -0.39 is 0 Å². The molecule has 0 spiro atoms. The molecule has 1 aromatic carbocycles. The molecule has 0 bridgehead atoms. The number of hydrogen-bond donors (Lipinski definition) is 0. The molecule has 2 heteroatoms. The Hall–Kier alpha value is -1.70. The third-order valence-corrected chi connectivity index (χ3v) is 4.48. The topological polar surface area (TPSA) is 25.2 Å². The maximum absolute atomic E-state index is 4.92. The van der Waals surface area contributed by atoms with Crippen LogP contribution < -0.4 is 0 Å². The van der Waals surface area contributed by atoms with E-state index in [1.54, 1.807) is 0 Å². The van der Waals surface area contributed by atoms with Crippen molar-refractivity contribution in [3.8, 4) is 0 Å². The third-order valence-electron chi connectivity index (χ3n) is 4.48. The van der Waals surface area contributed by atoms with Gasteiger partial charge in [-0.15, -0.1) is 0 Å². The van der Waals surface area contributed by atoms with Gasteiger partial charge in [0.2, 0.25) is 0 Å². The molecule has 0 aliphatic heterocycles. The Morgan fingerprint density at radius 2 is 1.83 bits per heavy atom. The van der Waals surface area contributed by atoms with Crippen LogP contribution in [0.4, 0.5) is 5.69 Å². The average molecular weight is 310 g/mol. The summed E-state index contributed by atoms with van der Waals surface area (Å²) in [5, 5.41) is 1.31. The van der Waals surface area contributed by atoms with Gasteiger partial charge in [0.25, 0.3) is 0 Å². The molecule has 2 rings (SSSR count). The van der Waals surface area contributed by atoms with Gasteiger partial charge in [-0.1, -0.05) is 38.8 Å². The number of aromatic nitrogens is 1. The SMILES string of the molecule is CCCC/C(C)=N/c1c(C)nc2cccc(CCCC)c2c1C. The van der Waals surface area contributed by atoms with Gasteiger partial charge in [-0.05, 0) is 63.6 Å². The summed E-state index contributed by atoms with van der Waals surface area (Å²) in [6.45, 7) is 10.9. The number of fused-ring (bicyclic) bond motifs is 1. The lowest BCUT2D eigenvalue weighted by Crippen LogP contribution is -1.97. The smallest absolute Gasteiger partial charge is 0.0876 e. The van der Waals surface area contributed by atoms with E-state index in [2.05, 4.69) is 52.8 Å². The average Bonchev–Trinajstić information content (AvgIpc) is 2.54. The zero-order valence-corrected chi connectivity index (χ0v) is 15.4. The first-order valence-corrected chi connectivity index (χ1v) is 9.01. The molecule has 0 fully saturated rings. The molecule has 0 unspecified atom stereocenters. The second kappa shape index (κ2) is 8.24. The summed E-state index contributed by atoms with van der Waals surface area (Å²) < 4.78 is 0. The first-order chi connectivity index (χ1) is 11.1. The fourth-order valence-electron chi connectivity index (χ4n) is 3.16. The first kappa shape index (κ1) is 17.7. The molecular formula is C21H30N2. The van der Waals surface area contributed by atoms with Gasteiger partial charge in [-0.2, -0.15) is 0 Å². The molecule has 1 heterocycles. The highest BCUT2D eigenvalue weighted by atomic mass is 14.8. The maximum atomic E-state index is 4.92. The van der Waals surface area contributed by atoms with Crippen molar-refractivity contribution in [3.05, 3.63) is 35.0 Å². The van der Waals surface area contributed by atoms with Crippen molar-refractivity contribution in [2.24, 2.45) is 4.99 Å². The second-order valence-corrected chi connectivity index (χ2v) is 6.54. The molecule has 0 N–H and O–H groups in total. The molecular weight excluding hydrogens is 280 g/mol. The Morgan fingerprint density at radius 1 is 1.09 bits per heavy atom. The van der Waals surface area contributed by atoms with Gasteiger partial charge in [0.1, 0.15) is 0 Å². The Morgan fingerprint density at radius 3 is 2.52 bits per heavy atom. The second-order valence-electron chi connectivity index (χ2n) is 6.54. The van der Waals surface area contributed by atoms with E-state index in [-0.39, 0.29) is 0 Å². The molecule has 0 saturated carbocycles. The molecule has 0 aliphatic rings. The minimum Gasteiger partial charge on any atom is -0.256 e. The van der Waals surface area contributed by atoms with Crippen LogP contribution in [-0.2, 0) is 6.42 Å². The molecule has 2 aromatic rings. The van der Waals surface area contributed by atoms with E-state index in [1.165, 1.54) is 47.9 Å². The summed E-state index contributed by atoms with van der Waals surface area (Å²) in [6, 6.07) is 6.51. The highest BCUT2D eigenvalue weighted by Gasteiger charge is 2.12. The summed E-state index contributed by atoms with van der Waals surface area (Å²) >= 11 is 0. The lowest BCUT2D eigenvalue weighted by molar-refractivity contribution is 0.798. The van der Waals surface area contributed by atoms with Gasteiger partial charge in [0.05, 0.1) is 16.9 Å². The lowest BCUT2D eigenvalue weighted by atomic mass is 9.98. The van der Waals surface area contributed by atoms with E-state index in [4.69, 9.17) is 9.98 Å². The van der Waals surface area contributed by atoms with E-state index in [0.29, 0.717) is 0 Å². The van der Waals surface area contributed by atoms with Crippen LogP contribution in [0.5, 0.6) is 0 Å². The third kappa shape index (κ3) is 4.19. The summed E-state index contributed by atoms with van der Waals surface area (Å²) in [5.74, 6) is 0. The lowest BCUT2D eigenvalue weighted by Gasteiger charge is -2.13. The van der Waals surface area contributed by atoms with E-state index in [0.717, 1.165) is 29.7 Å². The molecule has 0 aliphatic carbocycles. The predicted molar refractivity (Wildman–Crippen MR) is 102 cm³/mol. The van der Waals surface area contributed by atoms with Gasteiger partial charge < -0.3 is 0 Å². The number of benzene rings is 1. The number of unbranched alkanes of at least 4 members (excludes halogenated alkanes) is 2. The van der Waals surface area contributed by atoms with Crippen molar-refractivity contribution in [1.82, 2.24) is 4.98 Å². The monoisotopic (exact) mass is 310 g/mol. The Bertz CT molecular complexity index is 699. The van der Waals surface area contributed by atoms with Gasteiger partial charge in [-0.25, -0.2) is 0 Å². The Kier molecular flexibility index (Phi) is 6.32. The van der Waals surface area contributed by atoms with Crippen molar-refractivity contribution in [1.29, 1.82) is 0 Å². The summed E-state index contributed by atoms with van der Waals surface area (Å²) in [4.78, 5) is 9.75. The molecule has 124 valence electrons. The van der Waals surface area contributed by atoms with Gasteiger partial charge in [0, 0.05) is 11.1 Å². The molecule has 0 radical (unpaired) electrons. The molecule has 2 nitrogen and oxygen atoms in total. The van der Waals surface area contributed by atoms with Gasteiger partial charge in [0.15, 0.2) is 0 Å². The minimum atomic E-state index is 1.04. The highest BCUT2D eigenvalue weighted by Crippen LogP contribution is 2.32. The normalized spacial score (nSPS) is 12.1. The van der Waals surface area contributed by atoms with Gasteiger partial charge in [-0.3, -0.25) is 9.98 Å². The van der Waals surface area contributed by atoms with Crippen LogP contribution in [0.3, 0.4) is 0 Å². The van der Waals surface area contributed by atoms with Crippen molar-refractivity contribution in [2.75, 3.05) is 0 Å². The largest absolute Gasteiger partial charge is 0.256 e. The first-order valence-electron chi connectivity index (χ1n) is 9.01. The molecule has 23 heavy (non-hydrogen) atoms. The number of aliphatic imine (C=N–C) groups is 1. The van der Waals surface area contributed by atoms with Crippen LogP contribution in [0.1, 0.15) is 69.7 Å². The van der Waals surface area contributed by atoms with Crippen molar-refractivity contribution in [3.63, 3.8) is 0 Å². The standard InChI is InChI=1S/C21H30N2/c1-6-8-11-15(3)22-21-16(4)20-18(12-9-7-2)13-10-14-19(20)23-17(21)5/h10,13-14H,6-9,11-12H2,1-5H3/b22-15+. The van der Waals surface area contributed by atoms with Crippen LogP contribution >= 0.6 is 0 Å². The summed E-state index contributed by atoms with van der Waals surface area (Å²) in [6.07, 6.45) is 7.05. The number of aryl methyl sites for hydroxylation is 3. The Balaban J connectivity index is 2.53. The summed E-state index contributed by atoms with van der Waals surface area (Å²) in [7, 11) is 0. The van der Waals surface area contributed by atoms with E-state index >= 15 is 0 Å². The fraction of sp³-hybridized carbons (Fsp3) is 0.524. The van der Waals surface area contributed by atoms with E-state index in [1.807, 2.05) is 0 Å². The van der Waals surface area contributed by atoms with Crippen molar-refractivity contribution >= 4 is 22.3 Å². The van der Waals surface area contributed by atoms with Crippen LogP contribution in [0, 0.1) is 13.8 Å². The zero-order chi connectivity index (χ0) is 16.8. The van der Waals surface area contributed by atoms with Crippen molar-refractivity contribution in [2.45, 2.75) is 73.1 Å². The number of rotatable bonds is 7. The van der Waals surface area contributed by atoms with Crippen LogP contribution in [0.2, 0.25) is 0 Å². The highest BCUT2D eigenvalue weighted by molar-refractivity contribution is 5.92. The van der Waals surface area contributed by atoms with Crippen molar-refractivity contribution < 1.29 is 0 Å². The Labute approximate surface area is 141 Å². The number of hydrogen-bond acceptors (Lipinski definition) is 2. The minimum absolute atomic E-state index is 1.04. The molecule has 0 atom stereocenters. The molecule has 0 amide bonds. The van der Waals surface area contributed by atoms with E-state index in [9.17, 15) is 0 Å². The fourth-order valence-corrected chi connectivity index (χ4v) is 3.16. The summed E-state index contributed by atoms with van der Waals surface area (Å²) in [5.41, 5.74) is 7.14. The molecule has 1 aromatic heterocycles. The quantitative estimate of drug-likeness (QED) is 0.537. The molecule has 0 saturated heterocycles.